The fraction of sp³-hybridized carbons (Fsp3) is 0.538. The molecule has 1 aliphatic heterocycles. The van der Waals surface area contributed by atoms with Gasteiger partial charge in [0.25, 0.3) is 5.91 Å². The van der Waals surface area contributed by atoms with E-state index in [1.807, 2.05) is 6.92 Å². The van der Waals surface area contributed by atoms with E-state index in [0.717, 1.165) is 12.8 Å². The third kappa shape index (κ3) is 3.05. The zero-order chi connectivity index (χ0) is 14.5. The molecule has 6 nitrogen and oxygen atoms in total. The van der Waals surface area contributed by atoms with Gasteiger partial charge in [-0.2, -0.15) is 0 Å². The number of nitrogen functional groups attached to an aromatic ring is 1. The lowest BCUT2D eigenvalue weighted by atomic mass is 10.2. The number of carbonyl (C=O) groups excluding carboxylic acids is 1. The molecule has 110 valence electrons. The molecule has 1 aromatic rings. The number of amides is 1. The Morgan fingerprint density at radius 2 is 2.50 bits per heavy atom. The Kier molecular flexibility index (Phi) is 4.86. The lowest BCUT2D eigenvalue weighted by Crippen LogP contribution is -2.37. The van der Waals surface area contributed by atoms with E-state index in [0.29, 0.717) is 19.7 Å². The number of rotatable bonds is 3. The minimum absolute atomic E-state index is 0.00143. The van der Waals surface area contributed by atoms with Gasteiger partial charge in [0, 0.05) is 25.9 Å². The maximum Gasteiger partial charge on any atom is 0.257 e. The predicted octanol–water partition coefficient (Wildman–Crippen LogP) is 1.15. The van der Waals surface area contributed by atoms with Crippen molar-refractivity contribution in [2.24, 2.45) is 5.84 Å². The third-order valence-electron chi connectivity index (χ3n) is 3.35. The summed E-state index contributed by atoms with van der Waals surface area (Å²) in [6.07, 6.45) is 2.92. The van der Waals surface area contributed by atoms with E-state index in [-0.39, 0.29) is 23.4 Å². The van der Waals surface area contributed by atoms with Crippen molar-refractivity contribution in [2.75, 3.05) is 25.1 Å². The van der Waals surface area contributed by atoms with Crippen LogP contribution in [0.5, 0.6) is 0 Å². The number of ether oxygens (including phenoxy) is 1. The van der Waals surface area contributed by atoms with Gasteiger partial charge in [0.15, 0.2) is 11.6 Å². The second-order valence-corrected chi connectivity index (χ2v) is 4.67. The number of nitrogens with one attached hydrogen (secondary N) is 1. The highest BCUT2D eigenvalue weighted by Gasteiger charge is 2.25. The Bertz CT molecular complexity index is 483. The van der Waals surface area contributed by atoms with Gasteiger partial charge in [-0.15, -0.1) is 0 Å². The normalized spacial score (nSPS) is 19.6. The summed E-state index contributed by atoms with van der Waals surface area (Å²) in [7, 11) is 0. The van der Waals surface area contributed by atoms with E-state index in [2.05, 4.69) is 10.4 Å². The largest absolute Gasteiger partial charge is 0.376 e. The minimum atomic E-state index is -0.724. The summed E-state index contributed by atoms with van der Waals surface area (Å²) < 4.78 is 19.7. The number of halogens is 1. The monoisotopic (exact) mass is 282 g/mol. The highest BCUT2D eigenvalue weighted by Crippen LogP contribution is 2.18. The van der Waals surface area contributed by atoms with Crippen LogP contribution in [0.25, 0.3) is 0 Å². The summed E-state index contributed by atoms with van der Waals surface area (Å²) in [6, 6.07) is 1.37. The second kappa shape index (κ2) is 6.62. The van der Waals surface area contributed by atoms with Crippen molar-refractivity contribution in [3.05, 3.63) is 23.6 Å². The van der Waals surface area contributed by atoms with Crippen LogP contribution in [-0.4, -0.2) is 41.6 Å². The summed E-state index contributed by atoms with van der Waals surface area (Å²) >= 11 is 0. The molecule has 7 heteroatoms. The maximum atomic E-state index is 14.1. The van der Waals surface area contributed by atoms with E-state index in [4.69, 9.17) is 10.6 Å². The molecule has 1 aliphatic rings. The van der Waals surface area contributed by atoms with Crippen LogP contribution in [0.2, 0.25) is 0 Å². The van der Waals surface area contributed by atoms with E-state index < -0.39 is 5.82 Å². The van der Waals surface area contributed by atoms with Crippen molar-refractivity contribution < 1.29 is 13.9 Å². The summed E-state index contributed by atoms with van der Waals surface area (Å²) in [4.78, 5) is 17.8. The van der Waals surface area contributed by atoms with E-state index >= 15 is 0 Å². The van der Waals surface area contributed by atoms with Crippen molar-refractivity contribution in [1.82, 2.24) is 9.88 Å². The Morgan fingerprint density at radius 3 is 3.20 bits per heavy atom. The van der Waals surface area contributed by atoms with Crippen molar-refractivity contribution >= 4 is 11.7 Å². The number of pyridine rings is 1. The van der Waals surface area contributed by atoms with Gasteiger partial charge in [-0.3, -0.25) is 4.79 Å². The standard InChI is InChI=1S/C13H19FN4O2/c1-2-9-8-18(6-3-7-20-9)13(19)10-4-5-16-12(17-15)11(10)14/h4-5,9H,2-3,6-8,15H2,1H3,(H,16,17). The third-order valence-corrected chi connectivity index (χ3v) is 3.35. The van der Waals surface area contributed by atoms with E-state index in [1.54, 1.807) is 4.90 Å². The predicted molar refractivity (Wildman–Crippen MR) is 72.6 cm³/mol. The molecule has 0 bridgehead atoms. The number of carbonyl (C=O) groups is 1. The average molecular weight is 282 g/mol. The summed E-state index contributed by atoms with van der Waals surface area (Å²) in [6.45, 7) is 3.66. The van der Waals surface area contributed by atoms with Crippen LogP contribution in [0.15, 0.2) is 12.3 Å². The fourth-order valence-corrected chi connectivity index (χ4v) is 2.21. The van der Waals surface area contributed by atoms with E-state index in [9.17, 15) is 9.18 Å². The highest BCUT2D eigenvalue weighted by atomic mass is 19.1. The lowest BCUT2D eigenvalue weighted by molar-refractivity contribution is 0.0458. The molecule has 0 aliphatic carbocycles. The molecule has 0 saturated carbocycles. The molecular formula is C13H19FN4O2. The topological polar surface area (TPSA) is 80.5 Å². The molecule has 1 unspecified atom stereocenters. The number of aromatic nitrogens is 1. The summed E-state index contributed by atoms with van der Waals surface area (Å²) in [5.41, 5.74) is 2.12. The molecule has 2 rings (SSSR count). The number of nitrogens with zero attached hydrogens (tertiary/aromatic N) is 2. The lowest BCUT2D eigenvalue weighted by Gasteiger charge is -2.23. The van der Waals surface area contributed by atoms with Crippen LogP contribution in [-0.2, 0) is 4.74 Å². The number of hydrogen-bond acceptors (Lipinski definition) is 5. The van der Waals surface area contributed by atoms with Crippen molar-refractivity contribution in [2.45, 2.75) is 25.9 Å². The van der Waals surface area contributed by atoms with Crippen LogP contribution in [0, 0.1) is 5.82 Å². The Hall–Kier alpha value is -1.73. The highest BCUT2D eigenvalue weighted by molar-refractivity contribution is 5.95. The SMILES string of the molecule is CCC1CN(C(=O)c2ccnc(NN)c2F)CCCO1. The minimum Gasteiger partial charge on any atom is -0.376 e. The molecule has 1 aromatic heterocycles. The van der Waals surface area contributed by atoms with Crippen molar-refractivity contribution in [1.29, 1.82) is 0 Å². The Morgan fingerprint density at radius 1 is 1.70 bits per heavy atom. The summed E-state index contributed by atoms with van der Waals surface area (Å²) in [5.74, 6) is 3.96. The number of anilines is 1. The first kappa shape index (κ1) is 14.7. The van der Waals surface area contributed by atoms with Gasteiger partial charge in [0.2, 0.25) is 0 Å². The molecule has 1 amide bonds. The average Bonchev–Trinajstić information content (AvgIpc) is 2.72. The van der Waals surface area contributed by atoms with Gasteiger partial charge >= 0.3 is 0 Å². The number of hydrazine groups is 1. The van der Waals surface area contributed by atoms with E-state index in [1.165, 1.54) is 12.3 Å². The second-order valence-electron chi connectivity index (χ2n) is 4.67. The van der Waals surface area contributed by atoms with Crippen LogP contribution < -0.4 is 11.3 Å². The molecular weight excluding hydrogens is 263 g/mol. The smallest absolute Gasteiger partial charge is 0.257 e. The molecule has 0 aromatic carbocycles. The van der Waals surface area contributed by atoms with Gasteiger partial charge in [0.05, 0.1) is 11.7 Å². The van der Waals surface area contributed by atoms with Crippen LogP contribution in [0.1, 0.15) is 30.1 Å². The maximum absolute atomic E-state index is 14.1. The molecule has 0 radical (unpaired) electrons. The zero-order valence-electron chi connectivity index (χ0n) is 11.4. The molecule has 20 heavy (non-hydrogen) atoms. The molecule has 0 spiro atoms. The van der Waals surface area contributed by atoms with Crippen LogP contribution in [0.4, 0.5) is 10.2 Å². The van der Waals surface area contributed by atoms with Crippen LogP contribution >= 0.6 is 0 Å². The molecule has 1 saturated heterocycles. The van der Waals surface area contributed by atoms with Gasteiger partial charge in [-0.25, -0.2) is 15.2 Å². The first-order chi connectivity index (χ1) is 9.67. The molecule has 1 atom stereocenters. The Labute approximate surface area is 117 Å². The first-order valence-corrected chi connectivity index (χ1v) is 6.69. The zero-order valence-corrected chi connectivity index (χ0v) is 11.4. The fourth-order valence-electron chi connectivity index (χ4n) is 2.21. The van der Waals surface area contributed by atoms with Crippen molar-refractivity contribution in [3.8, 4) is 0 Å². The molecule has 2 heterocycles. The Balaban J connectivity index is 2.21. The number of hydrogen-bond donors (Lipinski definition) is 2. The van der Waals surface area contributed by atoms with Gasteiger partial charge < -0.3 is 15.1 Å². The van der Waals surface area contributed by atoms with Gasteiger partial charge in [-0.1, -0.05) is 6.92 Å². The molecule has 3 N–H and O–H groups in total. The van der Waals surface area contributed by atoms with Crippen molar-refractivity contribution in [3.63, 3.8) is 0 Å². The first-order valence-electron chi connectivity index (χ1n) is 6.69. The van der Waals surface area contributed by atoms with Gasteiger partial charge in [0.1, 0.15) is 0 Å². The summed E-state index contributed by atoms with van der Waals surface area (Å²) in [5, 5.41) is 0. The van der Waals surface area contributed by atoms with Crippen LogP contribution in [0.3, 0.4) is 0 Å². The molecule has 1 fully saturated rings. The quantitative estimate of drug-likeness (QED) is 0.642. The van der Waals surface area contributed by atoms with Gasteiger partial charge in [-0.05, 0) is 18.9 Å². The number of nitrogens with two attached hydrogens (primary N) is 1.